The fourth-order valence-electron chi connectivity index (χ4n) is 3.16. The lowest BCUT2D eigenvalue weighted by atomic mass is 9.88. The molecule has 1 aliphatic rings. The number of piperazine rings is 1. The van der Waals surface area contributed by atoms with Crippen molar-refractivity contribution in [2.45, 2.75) is 18.9 Å². The average Bonchev–Trinajstić information content (AvgIpc) is 2.64. The third-order valence-electron chi connectivity index (χ3n) is 4.53. The van der Waals surface area contributed by atoms with E-state index in [0.29, 0.717) is 17.5 Å². The topological polar surface area (TPSA) is 73.2 Å². The number of rotatable bonds is 3. The zero-order valence-corrected chi connectivity index (χ0v) is 14.7. The molecule has 1 aliphatic heterocycles. The summed E-state index contributed by atoms with van der Waals surface area (Å²) in [5, 5.41) is 12.1. The molecule has 1 atom stereocenters. The number of nitrogens with zero attached hydrogens (tertiary/aromatic N) is 2. The fourth-order valence-corrected chi connectivity index (χ4v) is 3.16. The molecule has 1 fully saturated rings. The van der Waals surface area contributed by atoms with Gasteiger partial charge >= 0.3 is 0 Å². The Hall–Kier alpha value is -3.39. The van der Waals surface area contributed by atoms with Crippen molar-refractivity contribution in [3.05, 3.63) is 77.0 Å². The van der Waals surface area contributed by atoms with E-state index in [-0.39, 0.29) is 17.5 Å². The summed E-state index contributed by atoms with van der Waals surface area (Å²) in [6.45, 7) is 1.73. The van der Waals surface area contributed by atoms with Gasteiger partial charge in [0.25, 0.3) is 11.8 Å². The Morgan fingerprint density at radius 2 is 1.77 bits per heavy atom. The van der Waals surface area contributed by atoms with Crippen LogP contribution >= 0.6 is 0 Å². The number of carbonyl (C=O) groups excluding carboxylic acids is 2. The molecule has 0 aromatic heterocycles. The molecule has 2 aromatic rings. The highest BCUT2D eigenvalue weighted by molar-refractivity contribution is 6.09. The molecule has 0 aliphatic carbocycles. The Bertz CT molecular complexity index is 928. The van der Waals surface area contributed by atoms with Gasteiger partial charge in [-0.15, -0.1) is 0 Å². The van der Waals surface area contributed by atoms with Gasteiger partial charge in [0.15, 0.2) is 0 Å². The number of benzene rings is 2. The molecule has 1 heterocycles. The largest absolute Gasteiger partial charge is 0.336 e. The number of nitrogens with one attached hydrogen (secondary N) is 1. The summed E-state index contributed by atoms with van der Waals surface area (Å²) >= 11 is 0. The predicted molar refractivity (Wildman–Crippen MR) is 98.6 cm³/mol. The summed E-state index contributed by atoms with van der Waals surface area (Å²) in [7, 11) is 1.59. The standard InChI is InChI=1S/C21H19N3O2/c1-21(13-15-8-4-3-5-9-15)20(26)24(2)18(19(25)23-21)12-16-10-6-7-11-17(16)14-22/h3-12H,13H2,1-2H3,(H,23,25). The molecule has 5 nitrogen and oxygen atoms in total. The van der Waals surface area contributed by atoms with E-state index >= 15 is 0 Å². The van der Waals surface area contributed by atoms with Crippen LogP contribution in [0.3, 0.4) is 0 Å². The van der Waals surface area contributed by atoms with Crippen LogP contribution in [0, 0.1) is 11.3 Å². The van der Waals surface area contributed by atoms with Crippen LogP contribution in [-0.4, -0.2) is 29.3 Å². The van der Waals surface area contributed by atoms with Crippen LogP contribution in [0.15, 0.2) is 60.3 Å². The molecular formula is C21H19N3O2. The third kappa shape index (κ3) is 3.22. The molecule has 26 heavy (non-hydrogen) atoms. The van der Waals surface area contributed by atoms with Gasteiger partial charge in [0.2, 0.25) is 0 Å². The lowest BCUT2D eigenvalue weighted by Crippen LogP contribution is -2.64. The molecule has 5 heteroatoms. The molecule has 3 rings (SSSR count). The lowest BCUT2D eigenvalue weighted by Gasteiger charge is -2.39. The van der Waals surface area contributed by atoms with Gasteiger partial charge in [0, 0.05) is 13.5 Å². The minimum atomic E-state index is -1.01. The third-order valence-corrected chi connectivity index (χ3v) is 4.53. The SMILES string of the molecule is CN1C(=O)C(C)(Cc2ccccc2)NC(=O)C1=Cc1ccccc1C#N. The van der Waals surface area contributed by atoms with Crippen LogP contribution in [0.25, 0.3) is 6.08 Å². The highest BCUT2D eigenvalue weighted by Crippen LogP contribution is 2.25. The second kappa shape index (κ2) is 6.85. The van der Waals surface area contributed by atoms with Gasteiger partial charge in [-0.3, -0.25) is 9.59 Å². The quantitative estimate of drug-likeness (QED) is 0.869. The second-order valence-corrected chi connectivity index (χ2v) is 6.54. The summed E-state index contributed by atoms with van der Waals surface area (Å²) in [5.74, 6) is -0.528. The molecule has 130 valence electrons. The first kappa shape index (κ1) is 17.4. The Balaban J connectivity index is 1.93. The highest BCUT2D eigenvalue weighted by atomic mass is 16.2. The van der Waals surface area contributed by atoms with E-state index in [9.17, 15) is 14.9 Å². The van der Waals surface area contributed by atoms with Gasteiger partial charge in [-0.2, -0.15) is 5.26 Å². The molecule has 1 unspecified atom stereocenters. The van der Waals surface area contributed by atoms with E-state index < -0.39 is 5.54 Å². The van der Waals surface area contributed by atoms with Crippen LogP contribution in [0.5, 0.6) is 0 Å². The lowest BCUT2D eigenvalue weighted by molar-refractivity contribution is -0.143. The Kier molecular flexibility index (Phi) is 4.59. The average molecular weight is 345 g/mol. The van der Waals surface area contributed by atoms with Crippen molar-refractivity contribution in [1.29, 1.82) is 5.26 Å². The van der Waals surface area contributed by atoms with Gasteiger partial charge in [0.05, 0.1) is 11.6 Å². The molecule has 0 spiro atoms. The van der Waals surface area contributed by atoms with Crippen molar-refractivity contribution in [1.82, 2.24) is 10.2 Å². The molecule has 0 bridgehead atoms. The van der Waals surface area contributed by atoms with Crippen molar-refractivity contribution in [3.8, 4) is 6.07 Å². The molecule has 2 aromatic carbocycles. The first-order valence-corrected chi connectivity index (χ1v) is 8.30. The predicted octanol–water partition coefficient (Wildman–Crippen LogP) is 2.49. The number of hydrogen-bond acceptors (Lipinski definition) is 3. The van der Waals surface area contributed by atoms with Gasteiger partial charge in [-0.25, -0.2) is 0 Å². The van der Waals surface area contributed by atoms with E-state index in [1.165, 1.54) is 4.90 Å². The van der Waals surface area contributed by atoms with Crippen molar-refractivity contribution >= 4 is 17.9 Å². The maximum atomic E-state index is 13.0. The minimum Gasteiger partial charge on any atom is -0.336 e. The number of carbonyl (C=O) groups is 2. The van der Waals surface area contributed by atoms with Crippen LogP contribution in [0.4, 0.5) is 0 Å². The Labute approximate surface area is 152 Å². The summed E-state index contributed by atoms with van der Waals surface area (Å²) in [6.07, 6.45) is 1.98. The minimum absolute atomic E-state index is 0.193. The molecular weight excluding hydrogens is 326 g/mol. The van der Waals surface area contributed by atoms with Gasteiger partial charge < -0.3 is 10.2 Å². The number of hydrogen-bond donors (Lipinski definition) is 1. The number of nitriles is 1. The fraction of sp³-hybridized carbons (Fsp3) is 0.190. The van der Waals surface area contributed by atoms with Crippen molar-refractivity contribution in [3.63, 3.8) is 0 Å². The van der Waals surface area contributed by atoms with Crippen molar-refractivity contribution in [2.75, 3.05) is 7.05 Å². The summed E-state index contributed by atoms with van der Waals surface area (Å²) < 4.78 is 0. The molecule has 1 N–H and O–H groups in total. The zero-order valence-electron chi connectivity index (χ0n) is 14.7. The van der Waals surface area contributed by atoms with Crippen molar-refractivity contribution in [2.24, 2.45) is 0 Å². The van der Waals surface area contributed by atoms with E-state index in [1.54, 1.807) is 44.3 Å². The number of likely N-dealkylation sites (N-methyl/N-ethyl adjacent to an activating group) is 1. The molecule has 0 saturated carbocycles. The monoisotopic (exact) mass is 345 g/mol. The molecule has 0 radical (unpaired) electrons. The zero-order chi connectivity index (χ0) is 18.7. The molecule has 1 saturated heterocycles. The van der Waals surface area contributed by atoms with E-state index in [1.807, 2.05) is 30.3 Å². The van der Waals surface area contributed by atoms with Gasteiger partial charge in [0.1, 0.15) is 11.2 Å². The van der Waals surface area contributed by atoms with E-state index in [2.05, 4.69) is 11.4 Å². The van der Waals surface area contributed by atoms with Crippen LogP contribution in [0.2, 0.25) is 0 Å². The summed E-state index contributed by atoms with van der Waals surface area (Å²) in [5.41, 5.74) is 1.24. The highest BCUT2D eigenvalue weighted by Gasteiger charge is 2.44. The van der Waals surface area contributed by atoms with Gasteiger partial charge in [-0.05, 0) is 30.2 Å². The normalized spacial score (nSPS) is 21.4. The van der Waals surface area contributed by atoms with E-state index in [4.69, 9.17) is 0 Å². The molecule has 2 amide bonds. The van der Waals surface area contributed by atoms with Crippen molar-refractivity contribution < 1.29 is 9.59 Å². The smallest absolute Gasteiger partial charge is 0.268 e. The first-order valence-electron chi connectivity index (χ1n) is 8.30. The van der Waals surface area contributed by atoms with Crippen LogP contribution < -0.4 is 5.32 Å². The summed E-state index contributed by atoms with van der Waals surface area (Å²) in [4.78, 5) is 27.0. The van der Waals surface area contributed by atoms with E-state index in [0.717, 1.165) is 5.56 Å². The maximum Gasteiger partial charge on any atom is 0.268 e. The van der Waals surface area contributed by atoms with Gasteiger partial charge in [-0.1, -0.05) is 48.5 Å². The van der Waals surface area contributed by atoms with Crippen LogP contribution in [0.1, 0.15) is 23.6 Å². The summed E-state index contributed by atoms with van der Waals surface area (Å²) in [6, 6.07) is 18.6. The Morgan fingerprint density at radius 1 is 1.12 bits per heavy atom. The second-order valence-electron chi connectivity index (χ2n) is 6.54. The maximum absolute atomic E-state index is 13.0. The van der Waals surface area contributed by atoms with Crippen LogP contribution in [-0.2, 0) is 16.0 Å². The first-order chi connectivity index (χ1) is 12.4. The Morgan fingerprint density at radius 3 is 2.46 bits per heavy atom. The number of amides is 2.